The Hall–Kier alpha value is -3.38. The van der Waals surface area contributed by atoms with E-state index in [1.807, 2.05) is 39.0 Å². The molecule has 6 heteroatoms. The second-order valence-electron chi connectivity index (χ2n) is 9.51. The highest BCUT2D eigenvalue weighted by Crippen LogP contribution is 2.30. The summed E-state index contributed by atoms with van der Waals surface area (Å²) in [6.07, 6.45) is 8.84. The Balaban J connectivity index is 1.67. The maximum atomic E-state index is 14.9. The Bertz CT molecular complexity index is 1390. The fraction of sp³-hybridized carbons (Fsp3) is 0.345. The minimum atomic E-state index is -0.188. The lowest BCUT2D eigenvalue weighted by molar-refractivity contribution is 0.230. The molecule has 3 heterocycles. The van der Waals surface area contributed by atoms with Gasteiger partial charge in [0.15, 0.2) is 0 Å². The minimum absolute atomic E-state index is 0.0483. The summed E-state index contributed by atoms with van der Waals surface area (Å²) in [6, 6.07) is 7.43. The van der Waals surface area contributed by atoms with Crippen LogP contribution in [0.4, 0.5) is 4.39 Å². The molecule has 0 saturated carbocycles. The molecule has 0 radical (unpaired) electrons. The predicted molar refractivity (Wildman–Crippen MR) is 140 cm³/mol. The van der Waals surface area contributed by atoms with Crippen molar-refractivity contribution in [3.05, 3.63) is 98.3 Å². The van der Waals surface area contributed by atoms with Crippen molar-refractivity contribution in [1.29, 1.82) is 0 Å². The molecule has 0 N–H and O–H groups in total. The van der Waals surface area contributed by atoms with Gasteiger partial charge in [-0.3, -0.25) is 19.2 Å². The molecule has 2 aromatic heterocycles. The number of hydrogen-bond acceptors (Lipinski definition) is 4. The van der Waals surface area contributed by atoms with Gasteiger partial charge in [-0.25, -0.2) is 9.37 Å². The van der Waals surface area contributed by atoms with Crippen molar-refractivity contribution in [3.63, 3.8) is 0 Å². The summed E-state index contributed by atoms with van der Waals surface area (Å²) in [5, 5.41) is 0. The van der Waals surface area contributed by atoms with Gasteiger partial charge in [0.1, 0.15) is 11.6 Å². The second-order valence-corrected chi connectivity index (χ2v) is 9.51. The molecule has 0 spiro atoms. The molecule has 0 bridgehead atoms. The van der Waals surface area contributed by atoms with Crippen LogP contribution in [0.5, 0.6) is 0 Å². The summed E-state index contributed by atoms with van der Waals surface area (Å²) in [5.41, 5.74) is 7.02. The first-order valence-corrected chi connectivity index (χ1v) is 12.0. The number of aryl methyl sites for hydroxylation is 3. The van der Waals surface area contributed by atoms with Crippen molar-refractivity contribution >= 4 is 6.08 Å². The first-order valence-electron chi connectivity index (χ1n) is 12.0. The minimum Gasteiger partial charge on any atom is -0.296 e. The van der Waals surface area contributed by atoms with Gasteiger partial charge in [-0.1, -0.05) is 23.8 Å². The molecule has 0 amide bonds. The standard InChI is InChI=1S/C29H33FN4O/c1-7-8-26(19(3)13-27-32-21(5)14-28(35)33(27)6)34-10-9-25-23(17-34)15-22(16-31-25)24-12-18(2)11-20(4)29(24)30/h7-8,11-16,26H,9-10,17H2,1-6H3/b8-7-,19-13-. The fourth-order valence-electron chi connectivity index (χ4n) is 4.83. The molecule has 1 atom stereocenters. The average Bonchev–Trinajstić information content (AvgIpc) is 2.82. The van der Waals surface area contributed by atoms with Gasteiger partial charge >= 0.3 is 0 Å². The number of benzene rings is 1. The molecule has 1 aliphatic heterocycles. The Morgan fingerprint density at radius 1 is 1.17 bits per heavy atom. The van der Waals surface area contributed by atoms with Crippen LogP contribution in [0.3, 0.4) is 0 Å². The predicted octanol–water partition coefficient (Wildman–Crippen LogP) is 5.31. The maximum Gasteiger partial charge on any atom is 0.253 e. The van der Waals surface area contributed by atoms with Gasteiger partial charge in [0.2, 0.25) is 0 Å². The van der Waals surface area contributed by atoms with Gasteiger partial charge in [0.25, 0.3) is 5.56 Å². The third-order valence-corrected chi connectivity index (χ3v) is 6.67. The fourth-order valence-corrected chi connectivity index (χ4v) is 4.83. The van der Waals surface area contributed by atoms with E-state index in [1.165, 1.54) is 0 Å². The summed E-state index contributed by atoms with van der Waals surface area (Å²) in [4.78, 5) is 23.9. The van der Waals surface area contributed by atoms with Crippen molar-refractivity contribution in [2.24, 2.45) is 7.05 Å². The zero-order chi connectivity index (χ0) is 25.3. The van der Waals surface area contributed by atoms with E-state index < -0.39 is 0 Å². The van der Waals surface area contributed by atoms with Gasteiger partial charge in [-0.15, -0.1) is 0 Å². The zero-order valence-electron chi connectivity index (χ0n) is 21.4. The lowest BCUT2D eigenvalue weighted by Crippen LogP contribution is -2.39. The second kappa shape index (κ2) is 10.1. The number of aromatic nitrogens is 3. The van der Waals surface area contributed by atoms with Crippen LogP contribution in [-0.4, -0.2) is 32.0 Å². The number of halogens is 1. The topological polar surface area (TPSA) is 51.0 Å². The van der Waals surface area contributed by atoms with Crippen LogP contribution in [-0.2, 0) is 20.0 Å². The molecule has 5 nitrogen and oxygen atoms in total. The molecule has 1 aromatic carbocycles. The molecule has 3 aromatic rings. The zero-order valence-corrected chi connectivity index (χ0v) is 21.4. The highest BCUT2D eigenvalue weighted by molar-refractivity contribution is 5.66. The molecule has 0 fully saturated rings. The quantitative estimate of drug-likeness (QED) is 0.472. The van der Waals surface area contributed by atoms with Crippen LogP contribution in [0.2, 0.25) is 0 Å². The van der Waals surface area contributed by atoms with E-state index in [4.69, 9.17) is 4.98 Å². The van der Waals surface area contributed by atoms with Crippen LogP contribution in [0.15, 0.2) is 53.0 Å². The van der Waals surface area contributed by atoms with Crippen molar-refractivity contribution < 1.29 is 4.39 Å². The number of pyridine rings is 1. The molecular weight excluding hydrogens is 439 g/mol. The van der Waals surface area contributed by atoms with Crippen molar-refractivity contribution in [1.82, 2.24) is 19.4 Å². The first-order chi connectivity index (χ1) is 16.7. The highest BCUT2D eigenvalue weighted by Gasteiger charge is 2.25. The molecule has 0 saturated heterocycles. The molecule has 4 rings (SSSR count). The number of rotatable bonds is 5. The number of nitrogens with zero attached hydrogens (tertiary/aromatic N) is 4. The maximum absolute atomic E-state index is 14.9. The molecule has 182 valence electrons. The summed E-state index contributed by atoms with van der Waals surface area (Å²) < 4.78 is 16.5. The van der Waals surface area contributed by atoms with Crippen molar-refractivity contribution in [2.75, 3.05) is 6.54 Å². The Morgan fingerprint density at radius 2 is 1.94 bits per heavy atom. The van der Waals surface area contributed by atoms with Crippen LogP contribution < -0.4 is 5.56 Å². The van der Waals surface area contributed by atoms with Gasteiger partial charge in [0, 0.05) is 67.4 Å². The average molecular weight is 473 g/mol. The number of hydrogen-bond donors (Lipinski definition) is 0. The Kier molecular flexibility index (Phi) is 7.13. The summed E-state index contributed by atoms with van der Waals surface area (Å²) in [7, 11) is 1.75. The van der Waals surface area contributed by atoms with Gasteiger partial charge in [-0.2, -0.15) is 0 Å². The Labute approximate surface area is 206 Å². The van der Waals surface area contributed by atoms with E-state index in [9.17, 15) is 9.18 Å². The lowest BCUT2D eigenvalue weighted by Gasteiger charge is -2.34. The van der Waals surface area contributed by atoms with Gasteiger partial charge in [0.05, 0.1) is 0 Å². The monoisotopic (exact) mass is 472 g/mol. The lowest BCUT2D eigenvalue weighted by atomic mass is 9.95. The first kappa shape index (κ1) is 24.7. The summed E-state index contributed by atoms with van der Waals surface area (Å²) in [6.45, 7) is 11.3. The summed E-state index contributed by atoms with van der Waals surface area (Å²) in [5.74, 6) is 0.459. The van der Waals surface area contributed by atoms with E-state index in [1.54, 1.807) is 30.8 Å². The number of allylic oxidation sites excluding steroid dienone is 1. The Morgan fingerprint density at radius 3 is 2.69 bits per heavy atom. The van der Waals surface area contributed by atoms with E-state index >= 15 is 0 Å². The largest absolute Gasteiger partial charge is 0.296 e. The number of fused-ring (bicyclic) bond motifs is 1. The van der Waals surface area contributed by atoms with Crippen LogP contribution in [0.25, 0.3) is 17.2 Å². The van der Waals surface area contributed by atoms with E-state index in [2.05, 4.69) is 35.0 Å². The van der Waals surface area contributed by atoms with Crippen LogP contribution in [0, 0.1) is 26.6 Å². The van der Waals surface area contributed by atoms with E-state index in [0.29, 0.717) is 29.2 Å². The van der Waals surface area contributed by atoms with Gasteiger partial charge < -0.3 is 0 Å². The van der Waals surface area contributed by atoms with Crippen molar-refractivity contribution in [3.8, 4) is 11.1 Å². The smallest absolute Gasteiger partial charge is 0.253 e. The molecule has 1 aliphatic rings. The normalized spacial score (nSPS) is 15.5. The van der Waals surface area contributed by atoms with Crippen molar-refractivity contribution in [2.45, 2.75) is 53.6 Å². The third kappa shape index (κ3) is 5.17. The molecule has 1 unspecified atom stereocenters. The SMILES string of the molecule is C/C=C\C(/C(C)=C\c1nc(C)cc(=O)n1C)N1CCc2ncc(-c3cc(C)cc(C)c3F)cc2C1. The van der Waals surface area contributed by atoms with Crippen LogP contribution >= 0.6 is 0 Å². The molecular formula is C29H33FN4O. The molecule has 0 aliphatic carbocycles. The third-order valence-electron chi connectivity index (χ3n) is 6.67. The molecule has 35 heavy (non-hydrogen) atoms. The van der Waals surface area contributed by atoms with E-state index in [0.717, 1.165) is 40.9 Å². The summed E-state index contributed by atoms with van der Waals surface area (Å²) >= 11 is 0. The van der Waals surface area contributed by atoms with Crippen LogP contribution in [0.1, 0.15) is 47.8 Å². The van der Waals surface area contributed by atoms with Gasteiger partial charge in [-0.05, 0) is 69.5 Å². The highest BCUT2D eigenvalue weighted by atomic mass is 19.1. The van der Waals surface area contributed by atoms with E-state index in [-0.39, 0.29) is 17.4 Å².